The van der Waals surface area contributed by atoms with Crippen molar-refractivity contribution in [3.05, 3.63) is 34.9 Å². The third-order valence-electron chi connectivity index (χ3n) is 2.58. The van der Waals surface area contributed by atoms with Gasteiger partial charge in [0.05, 0.1) is 17.2 Å². The molecule has 4 nitrogen and oxygen atoms in total. The Hall–Kier alpha value is -1.84. The first-order valence-electron chi connectivity index (χ1n) is 5.50. The molecule has 0 bridgehead atoms. The largest absolute Gasteiger partial charge is 0.478 e. The molecule has 0 fully saturated rings. The van der Waals surface area contributed by atoms with Crippen LogP contribution >= 0.6 is 0 Å². The van der Waals surface area contributed by atoms with Gasteiger partial charge in [0, 0.05) is 0 Å². The van der Waals surface area contributed by atoms with Gasteiger partial charge < -0.3 is 9.84 Å². The van der Waals surface area contributed by atoms with E-state index in [2.05, 4.69) is 0 Å². The highest BCUT2D eigenvalue weighted by Gasteiger charge is 2.14. The van der Waals surface area contributed by atoms with Crippen LogP contribution in [-0.2, 0) is 4.74 Å². The number of benzene rings is 1. The molecular weight excluding hydrogens is 220 g/mol. The third kappa shape index (κ3) is 3.31. The predicted octanol–water partition coefficient (Wildman–Crippen LogP) is 2.65. The molecule has 0 aliphatic carbocycles. The van der Waals surface area contributed by atoms with Gasteiger partial charge in [-0.2, -0.15) is 0 Å². The fourth-order valence-corrected chi connectivity index (χ4v) is 1.36. The van der Waals surface area contributed by atoms with Crippen LogP contribution in [0.2, 0.25) is 0 Å². The molecule has 0 aliphatic heterocycles. The summed E-state index contributed by atoms with van der Waals surface area (Å²) in [6.07, 6.45) is 0.610. The molecule has 1 rings (SSSR count). The van der Waals surface area contributed by atoms with Gasteiger partial charge in [-0.15, -0.1) is 0 Å². The Morgan fingerprint density at radius 3 is 2.53 bits per heavy atom. The molecule has 1 atom stereocenters. The van der Waals surface area contributed by atoms with Crippen molar-refractivity contribution in [1.29, 1.82) is 0 Å². The van der Waals surface area contributed by atoms with Crippen molar-refractivity contribution in [1.82, 2.24) is 0 Å². The van der Waals surface area contributed by atoms with Crippen LogP contribution in [0, 0.1) is 6.92 Å². The second kappa shape index (κ2) is 5.48. The van der Waals surface area contributed by atoms with E-state index in [4.69, 9.17) is 9.84 Å². The molecule has 92 valence electrons. The van der Waals surface area contributed by atoms with Crippen LogP contribution < -0.4 is 0 Å². The summed E-state index contributed by atoms with van der Waals surface area (Å²) in [6, 6.07) is 4.36. The summed E-state index contributed by atoms with van der Waals surface area (Å²) in [7, 11) is 0. The molecule has 1 aromatic rings. The van der Waals surface area contributed by atoms with E-state index in [0.717, 1.165) is 6.42 Å². The van der Waals surface area contributed by atoms with Gasteiger partial charge in [0.15, 0.2) is 0 Å². The Labute approximate surface area is 100 Å². The molecular formula is C13H16O4. The molecule has 0 saturated carbocycles. The van der Waals surface area contributed by atoms with Crippen molar-refractivity contribution >= 4 is 11.9 Å². The van der Waals surface area contributed by atoms with E-state index in [1.54, 1.807) is 6.92 Å². The topological polar surface area (TPSA) is 63.6 Å². The van der Waals surface area contributed by atoms with Gasteiger partial charge in [-0.25, -0.2) is 9.59 Å². The highest BCUT2D eigenvalue weighted by atomic mass is 16.5. The first kappa shape index (κ1) is 13.2. The third-order valence-corrected chi connectivity index (χ3v) is 2.58. The van der Waals surface area contributed by atoms with Crippen LogP contribution in [0.4, 0.5) is 0 Å². The number of carboxylic acids is 1. The summed E-state index contributed by atoms with van der Waals surface area (Å²) >= 11 is 0. The summed E-state index contributed by atoms with van der Waals surface area (Å²) in [5.74, 6) is -1.41. The summed E-state index contributed by atoms with van der Waals surface area (Å²) in [5.41, 5.74) is 1.19. The fraction of sp³-hybridized carbons (Fsp3) is 0.385. The minimum atomic E-state index is -1.00. The second-order valence-electron chi connectivity index (χ2n) is 3.96. The number of carboxylic acid groups (broad SMARTS) is 1. The van der Waals surface area contributed by atoms with E-state index in [1.807, 2.05) is 13.8 Å². The molecule has 1 unspecified atom stereocenters. The summed E-state index contributed by atoms with van der Waals surface area (Å²) in [4.78, 5) is 22.5. The highest BCUT2D eigenvalue weighted by Crippen LogP contribution is 2.14. The number of aryl methyl sites for hydroxylation is 1. The summed E-state index contributed by atoms with van der Waals surface area (Å²) in [6.45, 7) is 5.44. The van der Waals surface area contributed by atoms with Crippen LogP contribution in [-0.4, -0.2) is 23.1 Å². The number of ether oxygens (including phenoxy) is 1. The van der Waals surface area contributed by atoms with E-state index in [9.17, 15) is 9.59 Å². The Morgan fingerprint density at radius 2 is 2.06 bits per heavy atom. The maximum atomic E-state index is 11.7. The van der Waals surface area contributed by atoms with Crippen molar-refractivity contribution in [2.75, 3.05) is 0 Å². The van der Waals surface area contributed by atoms with Crippen LogP contribution in [0.15, 0.2) is 18.2 Å². The van der Waals surface area contributed by atoms with Gasteiger partial charge in [-0.3, -0.25) is 0 Å². The maximum Gasteiger partial charge on any atom is 0.338 e. The predicted molar refractivity (Wildman–Crippen MR) is 63.3 cm³/mol. The molecule has 0 radical (unpaired) electrons. The quantitative estimate of drug-likeness (QED) is 0.816. The molecule has 17 heavy (non-hydrogen) atoms. The van der Waals surface area contributed by atoms with Gasteiger partial charge in [-0.05, 0) is 44.0 Å². The van der Waals surface area contributed by atoms with E-state index >= 15 is 0 Å². The molecule has 0 spiro atoms. The van der Waals surface area contributed by atoms with Crippen molar-refractivity contribution in [3.8, 4) is 0 Å². The molecule has 0 saturated heterocycles. The maximum absolute atomic E-state index is 11.7. The number of carbonyl (C=O) groups is 2. The smallest absolute Gasteiger partial charge is 0.338 e. The zero-order valence-corrected chi connectivity index (χ0v) is 10.2. The first-order chi connectivity index (χ1) is 7.95. The molecule has 0 heterocycles. The van der Waals surface area contributed by atoms with Gasteiger partial charge in [0.1, 0.15) is 0 Å². The van der Waals surface area contributed by atoms with Crippen LogP contribution in [0.25, 0.3) is 0 Å². The molecule has 0 amide bonds. The van der Waals surface area contributed by atoms with Gasteiger partial charge in [0.25, 0.3) is 0 Å². The SMILES string of the molecule is CCC(C)OC(=O)c1ccc(C(=O)O)cc1C. The van der Waals surface area contributed by atoms with Crippen molar-refractivity contribution in [2.45, 2.75) is 33.3 Å². The highest BCUT2D eigenvalue weighted by molar-refractivity contribution is 5.94. The lowest BCUT2D eigenvalue weighted by Crippen LogP contribution is -2.15. The van der Waals surface area contributed by atoms with Crippen molar-refractivity contribution < 1.29 is 19.4 Å². The molecule has 1 N–H and O–H groups in total. The van der Waals surface area contributed by atoms with Gasteiger partial charge >= 0.3 is 11.9 Å². The van der Waals surface area contributed by atoms with Crippen LogP contribution in [0.1, 0.15) is 46.5 Å². The molecule has 0 aromatic heterocycles. The lowest BCUT2D eigenvalue weighted by molar-refractivity contribution is 0.0333. The van der Waals surface area contributed by atoms with Crippen molar-refractivity contribution in [2.24, 2.45) is 0 Å². The first-order valence-corrected chi connectivity index (χ1v) is 5.50. The van der Waals surface area contributed by atoms with E-state index in [-0.39, 0.29) is 11.7 Å². The summed E-state index contributed by atoms with van der Waals surface area (Å²) in [5, 5.41) is 8.81. The minimum Gasteiger partial charge on any atom is -0.478 e. The summed E-state index contributed by atoms with van der Waals surface area (Å²) < 4.78 is 5.18. The Morgan fingerprint density at radius 1 is 1.41 bits per heavy atom. The minimum absolute atomic E-state index is 0.138. The Bertz CT molecular complexity index is 437. The standard InChI is InChI=1S/C13H16O4/c1-4-9(3)17-13(16)11-6-5-10(12(14)15)7-8(11)2/h5-7,9H,4H2,1-3H3,(H,14,15). The van der Waals surface area contributed by atoms with Crippen LogP contribution in [0.5, 0.6) is 0 Å². The number of carbonyl (C=O) groups excluding carboxylic acids is 1. The average molecular weight is 236 g/mol. The van der Waals surface area contributed by atoms with Crippen LogP contribution in [0.3, 0.4) is 0 Å². The number of hydrogen-bond donors (Lipinski definition) is 1. The van der Waals surface area contributed by atoms with E-state index < -0.39 is 11.9 Å². The molecule has 0 aliphatic rings. The molecule has 4 heteroatoms. The zero-order chi connectivity index (χ0) is 13.0. The average Bonchev–Trinajstić information content (AvgIpc) is 2.28. The number of aromatic carboxylic acids is 1. The van der Waals surface area contributed by atoms with Gasteiger partial charge in [-0.1, -0.05) is 6.92 Å². The zero-order valence-electron chi connectivity index (χ0n) is 10.2. The monoisotopic (exact) mass is 236 g/mol. The fourth-order valence-electron chi connectivity index (χ4n) is 1.36. The Balaban J connectivity index is 2.92. The number of esters is 1. The number of hydrogen-bond acceptors (Lipinski definition) is 3. The normalized spacial score (nSPS) is 11.9. The lowest BCUT2D eigenvalue weighted by Gasteiger charge is -2.12. The molecule has 1 aromatic carbocycles. The number of rotatable bonds is 4. The lowest BCUT2D eigenvalue weighted by atomic mass is 10.1. The van der Waals surface area contributed by atoms with E-state index in [0.29, 0.717) is 11.1 Å². The second-order valence-corrected chi connectivity index (χ2v) is 3.96. The Kier molecular flexibility index (Phi) is 4.26. The van der Waals surface area contributed by atoms with Crippen molar-refractivity contribution in [3.63, 3.8) is 0 Å². The van der Waals surface area contributed by atoms with E-state index in [1.165, 1.54) is 18.2 Å². The van der Waals surface area contributed by atoms with Gasteiger partial charge in [0.2, 0.25) is 0 Å².